The lowest BCUT2D eigenvalue weighted by Crippen LogP contribution is -2.27. The number of hydrogen-bond donors (Lipinski definition) is 6. The third-order valence-electron chi connectivity index (χ3n) is 5.36. The van der Waals surface area contributed by atoms with Crippen LogP contribution in [0.25, 0.3) is 21.9 Å². The first kappa shape index (κ1) is 26.3. The van der Waals surface area contributed by atoms with Gasteiger partial charge in [-0.15, -0.1) is 0 Å². The Morgan fingerprint density at radius 1 is 1.11 bits per heavy atom. The van der Waals surface area contributed by atoms with E-state index in [4.69, 9.17) is 14.9 Å². The molecule has 14 nitrogen and oxygen atoms in total. The highest BCUT2D eigenvalue weighted by molar-refractivity contribution is 7.88. The van der Waals surface area contributed by atoms with Crippen molar-refractivity contribution in [3.05, 3.63) is 65.3 Å². The van der Waals surface area contributed by atoms with Crippen LogP contribution in [-0.4, -0.2) is 69.5 Å². The van der Waals surface area contributed by atoms with Gasteiger partial charge in [-0.2, -0.15) is 10.1 Å². The number of nitrogens with zero attached hydrogens (tertiary/aromatic N) is 4. The second-order valence-corrected chi connectivity index (χ2v) is 9.92. The number of H-pyrrole nitrogens is 3. The van der Waals surface area contributed by atoms with Gasteiger partial charge >= 0.3 is 5.69 Å². The lowest BCUT2D eigenvalue weighted by Gasteiger charge is -2.25. The van der Waals surface area contributed by atoms with Crippen LogP contribution in [0.1, 0.15) is 6.42 Å². The first-order valence-electron chi connectivity index (χ1n) is 11.3. The number of carbonyl (C=O) groups is 1. The molecule has 0 radical (unpaired) electrons. The molecule has 0 amide bonds. The van der Waals surface area contributed by atoms with Crippen molar-refractivity contribution in [3.8, 4) is 0 Å². The number of aromatic amines is 3. The number of hydrogen-bond acceptors (Lipinski definition) is 9. The summed E-state index contributed by atoms with van der Waals surface area (Å²) in [5.41, 5.74) is 3.57. The van der Waals surface area contributed by atoms with E-state index < -0.39 is 10.0 Å². The number of anilines is 4. The topological polar surface area (TPSA) is 202 Å². The maximum Gasteiger partial charge on any atom is 0.323 e. The largest absolute Gasteiger partial charge is 0.483 e. The second kappa shape index (κ2) is 11.5. The van der Waals surface area contributed by atoms with Crippen LogP contribution in [-0.2, 0) is 14.8 Å². The molecule has 0 atom stereocenters. The van der Waals surface area contributed by atoms with Crippen molar-refractivity contribution < 1.29 is 18.3 Å². The van der Waals surface area contributed by atoms with Gasteiger partial charge in [0.2, 0.25) is 16.0 Å². The fourth-order valence-electron chi connectivity index (χ4n) is 3.84. The average Bonchev–Trinajstić information content (AvgIpc) is 3.49. The molecule has 3 heterocycles. The summed E-state index contributed by atoms with van der Waals surface area (Å²) in [4.78, 5) is 36.4. The summed E-state index contributed by atoms with van der Waals surface area (Å²) < 4.78 is 25.5. The molecule has 38 heavy (non-hydrogen) atoms. The van der Waals surface area contributed by atoms with Gasteiger partial charge in [-0.05, 0) is 42.8 Å². The molecule has 198 valence electrons. The van der Waals surface area contributed by atoms with Crippen molar-refractivity contribution >= 4 is 61.6 Å². The summed E-state index contributed by atoms with van der Waals surface area (Å²) in [6.45, 7) is 0.543. The smallest absolute Gasteiger partial charge is 0.323 e. The molecule has 0 aliphatic heterocycles. The summed E-state index contributed by atoms with van der Waals surface area (Å²) in [6.07, 6.45) is 5.09. The van der Waals surface area contributed by atoms with Gasteiger partial charge in [0.25, 0.3) is 6.47 Å². The maximum absolute atomic E-state index is 11.5. The summed E-state index contributed by atoms with van der Waals surface area (Å²) in [7, 11) is -3.28. The van der Waals surface area contributed by atoms with E-state index in [9.17, 15) is 13.2 Å². The molecule has 2 aromatic carbocycles. The molecule has 3 aromatic heterocycles. The van der Waals surface area contributed by atoms with Crippen LogP contribution in [0.4, 0.5) is 23.1 Å². The minimum atomic E-state index is -3.28. The Morgan fingerprint density at radius 2 is 1.89 bits per heavy atom. The van der Waals surface area contributed by atoms with Crippen molar-refractivity contribution in [2.45, 2.75) is 6.42 Å². The van der Waals surface area contributed by atoms with E-state index in [1.54, 1.807) is 30.6 Å². The van der Waals surface area contributed by atoms with Gasteiger partial charge < -0.3 is 25.3 Å². The Bertz CT molecular complexity index is 1710. The van der Waals surface area contributed by atoms with E-state index in [0.29, 0.717) is 48.0 Å². The highest BCUT2D eigenvalue weighted by Gasteiger charge is 2.16. The van der Waals surface area contributed by atoms with Crippen molar-refractivity contribution in [3.63, 3.8) is 0 Å². The number of aromatic nitrogens is 6. The van der Waals surface area contributed by atoms with Crippen LogP contribution in [0.2, 0.25) is 0 Å². The maximum atomic E-state index is 11.5. The molecule has 0 aliphatic carbocycles. The van der Waals surface area contributed by atoms with E-state index in [1.807, 2.05) is 29.2 Å². The van der Waals surface area contributed by atoms with Gasteiger partial charge in [-0.3, -0.25) is 9.89 Å². The third-order valence-corrected chi connectivity index (χ3v) is 6.09. The van der Waals surface area contributed by atoms with Crippen LogP contribution >= 0.6 is 0 Å². The van der Waals surface area contributed by atoms with Crippen molar-refractivity contribution in [1.82, 2.24) is 34.9 Å². The molecule has 15 heteroatoms. The van der Waals surface area contributed by atoms with Crippen molar-refractivity contribution in [1.29, 1.82) is 0 Å². The number of rotatable bonds is 9. The Morgan fingerprint density at radius 3 is 2.68 bits per heavy atom. The summed E-state index contributed by atoms with van der Waals surface area (Å²) in [6, 6.07) is 13.0. The van der Waals surface area contributed by atoms with Gasteiger partial charge in [-0.1, -0.05) is 6.07 Å². The third kappa shape index (κ3) is 6.51. The summed E-state index contributed by atoms with van der Waals surface area (Å²) >= 11 is 0. The first-order valence-corrected chi connectivity index (χ1v) is 13.2. The molecule has 5 rings (SSSR count). The van der Waals surface area contributed by atoms with E-state index in [2.05, 4.69) is 35.2 Å². The molecular weight excluding hydrogens is 514 g/mol. The van der Waals surface area contributed by atoms with E-state index in [1.165, 1.54) is 0 Å². The zero-order valence-corrected chi connectivity index (χ0v) is 21.0. The molecule has 0 bridgehead atoms. The predicted octanol–water partition coefficient (Wildman–Crippen LogP) is 2.04. The Labute approximate surface area is 216 Å². The lowest BCUT2D eigenvalue weighted by atomic mass is 10.2. The van der Waals surface area contributed by atoms with Crippen LogP contribution in [0.5, 0.6) is 0 Å². The normalized spacial score (nSPS) is 11.2. The average molecular weight is 540 g/mol. The number of carboxylic acid groups (broad SMARTS) is 1. The summed E-state index contributed by atoms with van der Waals surface area (Å²) in [5.74, 6) is 1.00. The molecule has 0 saturated carbocycles. The van der Waals surface area contributed by atoms with E-state index in [0.717, 1.165) is 22.8 Å². The predicted molar refractivity (Wildman–Crippen MR) is 143 cm³/mol. The number of imidazole rings is 1. The Balaban J connectivity index is 0.00000107. The fraction of sp³-hybridized carbons (Fsp3) is 0.174. The number of nitrogens with one attached hydrogen (secondary N) is 5. The molecule has 0 aliphatic rings. The molecular formula is C23H25N9O5S. The highest BCUT2D eigenvalue weighted by atomic mass is 32.2. The number of fused-ring (bicyclic) bond motifs is 2. The van der Waals surface area contributed by atoms with Crippen LogP contribution in [0.15, 0.2) is 59.7 Å². The Hall–Kier alpha value is -4.76. The van der Waals surface area contributed by atoms with Gasteiger partial charge in [0.1, 0.15) is 5.82 Å². The fourth-order valence-corrected chi connectivity index (χ4v) is 4.36. The molecule has 0 spiro atoms. The monoisotopic (exact) mass is 539 g/mol. The van der Waals surface area contributed by atoms with E-state index in [-0.39, 0.29) is 12.2 Å². The second-order valence-electron chi connectivity index (χ2n) is 8.09. The minimum Gasteiger partial charge on any atom is -0.483 e. The van der Waals surface area contributed by atoms with Gasteiger partial charge in [0, 0.05) is 30.4 Å². The zero-order chi connectivity index (χ0) is 27.1. The lowest BCUT2D eigenvalue weighted by molar-refractivity contribution is -0.122. The molecule has 5 aromatic rings. The van der Waals surface area contributed by atoms with Gasteiger partial charge in [0.05, 0.1) is 34.7 Å². The van der Waals surface area contributed by atoms with Crippen LogP contribution in [0.3, 0.4) is 0 Å². The highest BCUT2D eigenvalue weighted by Crippen LogP contribution is 2.31. The van der Waals surface area contributed by atoms with Crippen LogP contribution in [0, 0.1) is 0 Å². The zero-order valence-electron chi connectivity index (χ0n) is 20.2. The number of benzene rings is 2. The molecule has 6 N–H and O–H groups in total. The summed E-state index contributed by atoms with van der Waals surface area (Å²) in [5, 5.41) is 18.1. The van der Waals surface area contributed by atoms with Crippen molar-refractivity contribution in [2.24, 2.45) is 0 Å². The van der Waals surface area contributed by atoms with Gasteiger partial charge in [-0.25, -0.2) is 22.9 Å². The minimum absolute atomic E-state index is 0.250. The van der Waals surface area contributed by atoms with Crippen molar-refractivity contribution in [2.75, 3.05) is 29.6 Å². The van der Waals surface area contributed by atoms with E-state index >= 15 is 0 Å². The molecule has 0 fully saturated rings. The SMILES string of the molecule is CS(=O)(=O)NCCCN(c1ccnc(Nc2ccc3[nH]c(=O)[nH]c3c2)n1)c1cccc2[nH]ncc12.O=CO. The Kier molecular flexibility index (Phi) is 7.98. The van der Waals surface area contributed by atoms with Crippen LogP contribution < -0.4 is 20.6 Å². The quantitative estimate of drug-likeness (QED) is 0.119. The standard InChI is InChI=1S/C22H23N9O3S.CH2O2/c1-35(33,34)25-9-3-11-31(19-5-2-4-16-15(19)13-24-30-16)20-8-10-23-21(29-20)26-14-6-7-17-18(12-14)28-22(32)27-17;2-1-3/h2,4-8,10,12-13,25H,3,9,11H2,1H3,(H,24,30)(H,23,26,29)(H2,27,28,32);1H,(H,2,3). The van der Waals surface area contributed by atoms with Gasteiger partial charge in [0.15, 0.2) is 0 Å². The number of sulfonamides is 1. The molecule has 0 unspecified atom stereocenters. The first-order chi connectivity index (χ1) is 18.3. The molecule has 0 saturated heterocycles.